The fourth-order valence-corrected chi connectivity index (χ4v) is 4.27. The number of rotatable bonds is 10. The zero-order valence-electron chi connectivity index (χ0n) is 20.7. The van der Waals surface area contributed by atoms with E-state index in [9.17, 15) is 13.6 Å². The van der Waals surface area contributed by atoms with E-state index in [0.29, 0.717) is 39.5 Å². The quantitative estimate of drug-likeness (QED) is 0.189. The molecule has 0 aliphatic carbocycles. The van der Waals surface area contributed by atoms with Crippen LogP contribution in [0.5, 0.6) is 11.5 Å². The van der Waals surface area contributed by atoms with Crippen LogP contribution < -0.4 is 35.9 Å². The molecule has 0 spiro atoms. The summed E-state index contributed by atoms with van der Waals surface area (Å²) in [5.74, 6) is 0.873. The number of methoxy groups -OCH3 is 2. The Morgan fingerprint density at radius 1 is 1.00 bits per heavy atom. The minimum Gasteiger partial charge on any atom is -0.497 e. The van der Waals surface area contributed by atoms with Crippen molar-refractivity contribution in [3.8, 4) is 11.5 Å². The van der Waals surface area contributed by atoms with Gasteiger partial charge in [-0.3, -0.25) is 9.35 Å². The van der Waals surface area contributed by atoms with Crippen molar-refractivity contribution in [3.05, 3.63) is 66.2 Å². The van der Waals surface area contributed by atoms with Crippen molar-refractivity contribution in [1.29, 1.82) is 0 Å². The van der Waals surface area contributed by atoms with Crippen LogP contribution in [0, 0.1) is 0 Å². The lowest BCUT2D eigenvalue weighted by atomic mass is 10.1. The Hall–Kier alpha value is -4.30. The molecule has 12 nitrogen and oxygen atoms in total. The molecule has 0 aliphatic heterocycles. The zero-order chi connectivity index (χ0) is 27.2. The average molecular weight is 538 g/mol. The van der Waals surface area contributed by atoms with Crippen molar-refractivity contribution in [2.45, 2.75) is 6.54 Å². The van der Waals surface area contributed by atoms with Crippen LogP contribution in [0.3, 0.4) is 0 Å². The molecule has 7 N–H and O–H groups in total. The smallest absolute Gasteiger partial charge is 0.268 e. The van der Waals surface area contributed by atoms with Crippen LogP contribution in [0.1, 0.15) is 5.56 Å². The summed E-state index contributed by atoms with van der Waals surface area (Å²) in [7, 11) is 3.06. The maximum Gasteiger partial charge on any atom is 0.268 e. The molecule has 0 saturated carbocycles. The van der Waals surface area contributed by atoms with Crippen molar-refractivity contribution >= 4 is 56.9 Å². The summed E-state index contributed by atoms with van der Waals surface area (Å²) in [6, 6.07) is 17.1. The van der Waals surface area contributed by atoms with Gasteiger partial charge in [0, 0.05) is 36.1 Å². The van der Waals surface area contributed by atoms with Crippen molar-refractivity contribution < 1.29 is 23.0 Å². The molecule has 1 aromatic heterocycles. The summed E-state index contributed by atoms with van der Waals surface area (Å²) in [5, 5.41) is 5.85. The van der Waals surface area contributed by atoms with Gasteiger partial charge in [0.05, 0.1) is 37.5 Å². The molecular weight excluding hydrogens is 510 g/mol. The van der Waals surface area contributed by atoms with Gasteiger partial charge in [0.1, 0.15) is 11.5 Å². The van der Waals surface area contributed by atoms with Gasteiger partial charge in [-0.1, -0.05) is 18.2 Å². The number of nitrogens with one attached hydrogen (secondary N) is 2. The van der Waals surface area contributed by atoms with E-state index in [0.717, 1.165) is 4.31 Å². The van der Waals surface area contributed by atoms with E-state index < -0.39 is 17.2 Å². The highest BCUT2D eigenvalue weighted by molar-refractivity contribution is 7.81. The summed E-state index contributed by atoms with van der Waals surface area (Å²) in [6.07, 6.45) is 0. The molecule has 198 valence electrons. The number of hydrogen-bond acceptors (Lipinski definition) is 9. The van der Waals surface area contributed by atoms with Crippen LogP contribution in [-0.2, 0) is 22.6 Å². The molecule has 1 amide bonds. The minimum atomic E-state index is -2.59. The molecule has 0 bridgehead atoms. The molecule has 1 heterocycles. The predicted octanol–water partition coefficient (Wildman–Crippen LogP) is 3.02. The second-order valence-corrected chi connectivity index (χ2v) is 8.76. The van der Waals surface area contributed by atoms with E-state index in [-0.39, 0.29) is 30.4 Å². The van der Waals surface area contributed by atoms with Gasteiger partial charge in [-0.25, -0.2) is 18.5 Å². The lowest BCUT2D eigenvalue weighted by molar-refractivity contribution is -0.114. The molecule has 0 fully saturated rings. The third-order valence-corrected chi connectivity index (χ3v) is 6.22. The van der Waals surface area contributed by atoms with Gasteiger partial charge in [-0.05, 0) is 29.8 Å². The standard InChI is InChI=1S/C25H27N7O5S/c1-36-18-9-16(10-19(12-18)37-2)28-24-25(31-21-6-4-3-5-20(21)30-24)32(38(34)35)17-8-7-15(13-26)22(11-17)29-23(33)14-27/h3-12H,13-14,26-27H2,1-2H3,(H,28,30)(H,29,33)(H,34,35). The van der Waals surface area contributed by atoms with Crippen LogP contribution >= 0.6 is 0 Å². The number of benzene rings is 3. The topological polar surface area (TPSA) is 178 Å². The number of anilines is 5. The Balaban J connectivity index is 1.88. The lowest BCUT2D eigenvalue weighted by Gasteiger charge is -2.23. The van der Waals surface area contributed by atoms with E-state index in [1.54, 1.807) is 48.5 Å². The second kappa shape index (κ2) is 11.8. The molecule has 3 aromatic carbocycles. The number of nitrogens with zero attached hydrogens (tertiary/aromatic N) is 3. The predicted molar refractivity (Wildman–Crippen MR) is 147 cm³/mol. The van der Waals surface area contributed by atoms with Gasteiger partial charge >= 0.3 is 0 Å². The van der Waals surface area contributed by atoms with Gasteiger partial charge in [0.25, 0.3) is 11.3 Å². The summed E-state index contributed by atoms with van der Waals surface area (Å²) in [6.45, 7) is -0.110. The van der Waals surface area contributed by atoms with Crippen molar-refractivity contribution in [2.75, 3.05) is 35.7 Å². The van der Waals surface area contributed by atoms with E-state index in [4.69, 9.17) is 20.9 Å². The number of para-hydroxylation sites is 2. The highest BCUT2D eigenvalue weighted by Crippen LogP contribution is 2.37. The van der Waals surface area contributed by atoms with Gasteiger partial charge in [-0.2, -0.15) is 0 Å². The number of carbonyl (C=O) groups is 1. The van der Waals surface area contributed by atoms with Gasteiger partial charge in [-0.15, -0.1) is 0 Å². The SMILES string of the molecule is COc1cc(Nc2nc3ccccc3nc2N(c2ccc(CN)c(NC(=O)CN)c2)S(=O)O)cc(OC)c1. The molecule has 0 saturated heterocycles. The first-order valence-corrected chi connectivity index (χ1v) is 12.4. The summed E-state index contributed by atoms with van der Waals surface area (Å²) in [5.41, 5.74) is 14.1. The Labute approximate surface area is 221 Å². The van der Waals surface area contributed by atoms with Crippen molar-refractivity contribution in [2.24, 2.45) is 11.5 Å². The largest absolute Gasteiger partial charge is 0.497 e. The number of ether oxygens (including phenoxy) is 2. The fraction of sp³-hybridized carbons (Fsp3) is 0.160. The molecule has 13 heteroatoms. The van der Waals surface area contributed by atoms with E-state index >= 15 is 0 Å². The third-order valence-electron chi connectivity index (χ3n) is 5.52. The first-order valence-electron chi connectivity index (χ1n) is 11.4. The highest BCUT2D eigenvalue weighted by atomic mass is 32.2. The fourth-order valence-electron chi connectivity index (χ4n) is 3.71. The first kappa shape index (κ1) is 26.8. The minimum absolute atomic E-state index is 0.0583. The molecular formula is C25H27N7O5S. The monoisotopic (exact) mass is 537 g/mol. The third kappa shape index (κ3) is 5.81. The summed E-state index contributed by atoms with van der Waals surface area (Å²) < 4.78 is 35.0. The molecule has 0 aliphatic rings. The maximum absolute atomic E-state index is 12.8. The van der Waals surface area contributed by atoms with Crippen LogP contribution in [-0.4, -0.2) is 45.4 Å². The normalized spacial score (nSPS) is 11.6. The number of aromatic nitrogens is 2. The van der Waals surface area contributed by atoms with E-state index in [1.807, 2.05) is 6.07 Å². The zero-order valence-corrected chi connectivity index (χ0v) is 21.5. The van der Waals surface area contributed by atoms with Crippen LogP contribution in [0.25, 0.3) is 11.0 Å². The Bertz CT molecular complexity index is 1480. The maximum atomic E-state index is 12.8. The summed E-state index contributed by atoms with van der Waals surface area (Å²) >= 11 is -2.59. The van der Waals surface area contributed by atoms with Crippen LogP contribution in [0.15, 0.2) is 60.7 Å². The van der Waals surface area contributed by atoms with Crippen LogP contribution in [0.2, 0.25) is 0 Å². The molecule has 4 rings (SSSR count). The Morgan fingerprint density at radius 3 is 2.24 bits per heavy atom. The number of fused-ring (bicyclic) bond motifs is 1. The number of carbonyl (C=O) groups excluding carboxylic acids is 1. The lowest BCUT2D eigenvalue weighted by Crippen LogP contribution is -2.24. The average Bonchev–Trinajstić information content (AvgIpc) is 2.93. The van der Waals surface area contributed by atoms with Gasteiger partial charge < -0.3 is 31.6 Å². The Kier molecular flexibility index (Phi) is 8.33. The van der Waals surface area contributed by atoms with E-state index in [2.05, 4.69) is 20.6 Å². The van der Waals surface area contributed by atoms with E-state index in [1.165, 1.54) is 20.3 Å². The highest BCUT2D eigenvalue weighted by Gasteiger charge is 2.24. The molecule has 1 atom stereocenters. The van der Waals surface area contributed by atoms with Crippen LogP contribution in [0.4, 0.5) is 28.7 Å². The summed E-state index contributed by atoms with van der Waals surface area (Å²) in [4.78, 5) is 21.3. The molecule has 0 radical (unpaired) electrons. The molecule has 1 unspecified atom stereocenters. The van der Waals surface area contributed by atoms with Gasteiger partial charge in [0.15, 0.2) is 11.6 Å². The number of nitrogens with two attached hydrogens (primary N) is 2. The molecule has 4 aromatic rings. The number of hydrogen-bond donors (Lipinski definition) is 5. The number of amides is 1. The molecule has 38 heavy (non-hydrogen) atoms. The Morgan fingerprint density at radius 2 is 1.66 bits per heavy atom. The first-order chi connectivity index (χ1) is 18.4. The van der Waals surface area contributed by atoms with Crippen molar-refractivity contribution in [3.63, 3.8) is 0 Å². The van der Waals surface area contributed by atoms with Gasteiger partial charge in [0.2, 0.25) is 5.91 Å². The second-order valence-electron chi connectivity index (χ2n) is 7.93. The van der Waals surface area contributed by atoms with Crippen molar-refractivity contribution in [1.82, 2.24) is 9.97 Å².